The van der Waals surface area contributed by atoms with Crippen LogP contribution < -0.4 is 10.2 Å². The van der Waals surface area contributed by atoms with Crippen molar-refractivity contribution in [2.45, 2.75) is 31.3 Å². The van der Waals surface area contributed by atoms with E-state index >= 15 is 0 Å². The second-order valence-corrected chi connectivity index (χ2v) is 8.32. The lowest BCUT2D eigenvalue weighted by molar-refractivity contribution is 0.0148. The van der Waals surface area contributed by atoms with Crippen LogP contribution in [0, 0.1) is 11.9 Å². The minimum Gasteiger partial charge on any atom is -0.441 e. The number of rotatable bonds is 5. The van der Waals surface area contributed by atoms with Gasteiger partial charge in [-0.15, -0.1) is 5.10 Å². The summed E-state index contributed by atoms with van der Waals surface area (Å²) in [6, 6.07) is 12.0. The van der Waals surface area contributed by atoms with Gasteiger partial charge in [-0.3, -0.25) is 4.90 Å². The number of hydrogen-bond acceptors (Lipinski definition) is 7. The molecule has 1 amide bonds. The van der Waals surface area contributed by atoms with Crippen LogP contribution in [0.25, 0.3) is 11.3 Å². The molecule has 164 valence electrons. The van der Waals surface area contributed by atoms with Crippen molar-refractivity contribution in [1.82, 2.24) is 20.2 Å². The highest BCUT2D eigenvalue weighted by atomic mass is 19.1. The third-order valence-corrected chi connectivity index (χ3v) is 6.17. The number of halogens is 1. The molecule has 5 rings (SSSR count). The molecule has 1 aliphatic carbocycles. The Kier molecular flexibility index (Phi) is 5.38. The van der Waals surface area contributed by atoms with Gasteiger partial charge in [0.15, 0.2) is 5.82 Å². The largest absolute Gasteiger partial charge is 0.441 e. The van der Waals surface area contributed by atoms with Gasteiger partial charge < -0.3 is 10.1 Å². The summed E-state index contributed by atoms with van der Waals surface area (Å²) in [5, 5.41) is 11.3. The molecule has 1 spiro atoms. The lowest BCUT2D eigenvalue weighted by Crippen LogP contribution is -2.39. The summed E-state index contributed by atoms with van der Waals surface area (Å²) in [7, 11) is 0. The molecule has 9 heteroatoms. The van der Waals surface area contributed by atoms with Crippen molar-refractivity contribution in [3.63, 3.8) is 0 Å². The minimum atomic E-state index is -0.507. The van der Waals surface area contributed by atoms with Gasteiger partial charge in [-0.1, -0.05) is 6.07 Å². The molecule has 8 nitrogen and oxygen atoms in total. The average molecular weight is 434 g/mol. The molecule has 0 radical (unpaired) electrons. The van der Waals surface area contributed by atoms with Gasteiger partial charge in [-0.05, 0) is 68.0 Å². The average Bonchev–Trinajstić information content (AvgIpc) is 3.15. The van der Waals surface area contributed by atoms with Crippen LogP contribution in [0.5, 0.6) is 0 Å². The van der Waals surface area contributed by atoms with Gasteiger partial charge in [0.25, 0.3) is 0 Å². The van der Waals surface area contributed by atoms with E-state index in [1.54, 1.807) is 41.6 Å². The highest BCUT2D eigenvalue weighted by Crippen LogP contribution is 2.40. The first-order valence-corrected chi connectivity index (χ1v) is 10.7. The SMILES string of the molecule is O=C1OC2(CCC(CNc3ccc(-c4cccc(F)n4)cn3)CC2)CN1c1cccnn1. The molecule has 1 saturated heterocycles. The zero-order valence-electron chi connectivity index (χ0n) is 17.4. The van der Waals surface area contributed by atoms with Crippen LogP contribution in [0.1, 0.15) is 25.7 Å². The number of ether oxygens (including phenoxy) is 1. The number of carbonyl (C=O) groups excluding carboxylic acids is 1. The second kappa shape index (κ2) is 8.49. The van der Waals surface area contributed by atoms with Gasteiger partial charge >= 0.3 is 6.09 Å². The summed E-state index contributed by atoms with van der Waals surface area (Å²) in [6.45, 7) is 1.31. The standard InChI is InChI=1S/C23H23FN6O2/c24-19-4-1-3-18(28-19)17-6-7-20(26-14-17)25-13-16-8-10-23(11-9-16)15-30(22(31)32-23)21-5-2-12-27-29-21/h1-7,12,14,16H,8-11,13,15H2,(H,25,26). The van der Waals surface area contributed by atoms with Crippen molar-refractivity contribution in [3.05, 3.63) is 60.8 Å². The highest BCUT2D eigenvalue weighted by Gasteiger charge is 2.48. The van der Waals surface area contributed by atoms with Crippen LogP contribution in [0.15, 0.2) is 54.9 Å². The maximum atomic E-state index is 13.3. The van der Waals surface area contributed by atoms with Crippen molar-refractivity contribution in [2.75, 3.05) is 23.3 Å². The molecular weight excluding hydrogens is 411 g/mol. The highest BCUT2D eigenvalue weighted by molar-refractivity contribution is 5.89. The summed E-state index contributed by atoms with van der Waals surface area (Å²) in [5.41, 5.74) is 0.886. The summed E-state index contributed by atoms with van der Waals surface area (Å²) < 4.78 is 19.1. The molecule has 0 atom stereocenters. The molecule has 4 heterocycles. The molecular formula is C23H23FN6O2. The Morgan fingerprint density at radius 3 is 2.75 bits per heavy atom. The van der Waals surface area contributed by atoms with Crippen molar-refractivity contribution < 1.29 is 13.9 Å². The monoisotopic (exact) mass is 434 g/mol. The van der Waals surface area contributed by atoms with Crippen LogP contribution in [-0.2, 0) is 4.74 Å². The van der Waals surface area contributed by atoms with Gasteiger partial charge in [0.1, 0.15) is 11.4 Å². The molecule has 0 bridgehead atoms. The number of pyridine rings is 2. The summed E-state index contributed by atoms with van der Waals surface area (Å²) in [5.74, 6) is 1.26. The van der Waals surface area contributed by atoms with E-state index in [9.17, 15) is 9.18 Å². The Hall–Kier alpha value is -3.62. The topological polar surface area (TPSA) is 93.1 Å². The van der Waals surface area contributed by atoms with Crippen LogP contribution in [0.3, 0.4) is 0 Å². The van der Waals surface area contributed by atoms with E-state index in [0.717, 1.165) is 43.6 Å². The van der Waals surface area contributed by atoms with E-state index < -0.39 is 11.5 Å². The molecule has 32 heavy (non-hydrogen) atoms. The smallest absolute Gasteiger partial charge is 0.416 e. The van der Waals surface area contributed by atoms with Crippen LogP contribution in [-0.4, -0.2) is 44.9 Å². The van der Waals surface area contributed by atoms with E-state index in [0.29, 0.717) is 24.0 Å². The lowest BCUT2D eigenvalue weighted by atomic mass is 9.78. The van der Waals surface area contributed by atoms with Crippen LogP contribution in [0.2, 0.25) is 0 Å². The molecule has 0 unspecified atom stereocenters. The Bertz CT molecular complexity index is 1090. The number of nitrogens with zero attached hydrogens (tertiary/aromatic N) is 5. The van der Waals surface area contributed by atoms with Gasteiger partial charge in [-0.25, -0.2) is 14.8 Å². The first-order chi connectivity index (χ1) is 15.6. The molecule has 0 aromatic carbocycles. The first-order valence-electron chi connectivity index (χ1n) is 10.7. The lowest BCUT2D eigenvalue weighted by Gasteiger charge is -2.35. The zero-order chi connectivity index (χ0) is 22.0. The third kappa shape index (κ3) is 4.23. The molecule has 1 aliphatic heterocycles. The summed E-state index contributed by atoms with van der Waals surface area (Å²) >= 11 is 0. The fourth-order valence-electron chi connectivity index (χ4n) is 4.37. The molecule has 1 N–H and O–H groups in total. The van der Waals surface area contributed by atoms with Crippen molar-refractivity contribution in [1.29, 1.82) is 0 Å². The number of nitrogens with one attached hydrogen (secondary N) is 1. The first kappa shape index (κ1) is 20.3. The molecule has 2 fully saturated rings. The number of amides is 1. The Balaban J connectivity index is 1.14. The van der Waals surface area contributed by atoms with Crippen molar-refractivity contribution in [2.24, 2.45) is 5.92 Å². The summed E-state index contributed by atoms with van der Waals surface area (Å²) in [4.78, 5) is 22.3. The Morgan fingerprint density at radius 2 is 2.03 bits per heavy atom. The predicted molar refractivity (Wildman–Crippen MR) is 116 cm³/mol. The third-order valence-electron chi connectivity index (χ3n) is 6.17. The predicted octanol–water partition coefficient (Wildman–Crippen LogP) is 4.07. The normalized spacial score (nSPS) is 22.7. The maximum Gasteiger partial charge on any atom is 0.416 e. The van der Waals surface area contributed by atoms with Gasteiger partial charge in [0.05, 0.1) is 12.2 Å². The molecule has 3 aromatic heterocycles. The number of aromatic nitrogens is 4. The van der Waals surface area contributed by atoms with Crippen LogP contribution in [0.4, 0.5) is 20.8 Å². The van der Waals surface area contributed by atoms with E-state index in [1.807, 2.05) is 12.1 Å². The fraction of sp³-hybridized carbons (Fsp3) is 0.348. The number of anilines is 2. The van der Waals surface area contributed by atoms with Crippen molar-refractivity contribution >= 4 is 17.7 Å². The molecule has 1 saturated carbocycles. The van der Waals surface area contributed by atoms with Gasteiger partial charge in [-0.2, -0.15) is 9.49 Å². The molecule has 3 aromatic rings. The Morgan fingerprint density at radius 1 is 1.16 bits per heavy atom. The van der Waals surface area contributed by atoms with E-state index in [2.05, 4.69) is 25.5 Å². The summed E-state index contributed by atoms with van der Waals surface area (Å²) in [6.07, 6.45) is 6.48. The van der Waals surface area contributed by atoms with E-state index in [-0.39, 0.29) is 6.09 Å². The zero-order valence-corrected chi connectivity index (χ0v) is 17.4. The minimum absolute atomic E-state index is 0.348. The van der Waals surface area contributed by atoms with Crippen LogP contribution >= 0.6 is 0 Å². The quantitative estimate of drug-likeness (QED) is 0.605. The van der Waals surface area contributed by atoms with Gasteiger partial charge in [0.2, 0.25) is 5.95 Å². The van der Waals surface area contributed by atoms with Crippen molar-refractivity contribution in [3.8, 4) is 11.3 Å². The van der Waals surface area contributed by atoms with Gasteiger partial charge in [0, 0.05) is 24.5 Å². The second-order valence-electron chi connectivity index (χ2n) is 8.32. The Labute approximate surface area is 184 Å². The van der Waals surface area contributed by atoms with E-state index in [1.165, 1.54) is 6.07 Å². The molecule has 2 aliphatic rings. The van der Waals surface area contributed by atoms with E-state index in [4.69, 9.17) is 4.74 Å². The number of carbonyl (C=O) groups is 1. The fourth-order valence-corrected chi connectivity index (χ4v) is 4.37. The number of hydrogen-bond donors (Lipinski definition) is 1. The maximum absolute atomic E-state index is 13.3.